The van der Waals surface area contributed by atoms with E-state index in [1.165, 1.54) is 0 Å². The minimum atomic E-state index is -0.478. The van der Waals surface area contributed by atoms with Gasteiger partial charge in [0.25, 0.3) is 5.71 Å². The predicted molar refractivity (Wildman–Crippen MR) is 98.0 cm³/mol. The van der Waals surface area contributed by atoms with Gasteiger partial charge in [-0.3, -0.25) is 4.57 Å². The molecule has 7 heteroatoms. The van der Waals surface area contributed by atoms with Crippen molar-refractivity contribution in [3.8, 4) is 6.07 Å². The Morgan fingerprint density at radius 1 is 1.35 bits per heavy atom. The van der Waals surface area contributed by atoms with E-state index in [-0.39, 0.29) is 12.6 Å². The van der Waals surface area contributed by atoms with Crippen LogP contribution in [0.1, 0.15) is 24.0 Å². The number of hydrogen-bond donors (Lipinski definition) is 1. The number of nitriles is 1. The van der Waals surface area contributed by atoms with E-state index < -0.39 is 5.76 Å². The molecule has 26 heavy (non-hydrogen) atoms. The van der Waals surface area contributed by atoms with Crippen LogP contribution in [0.3, 0.4) is 0 Å². The molecule has 0 spiro atoms. The van der Waals surface area contributed by atoms with Crippen molar-refractivity contribution in [1.82, 2.24) is 9.55 Å². The van der Waals surface area contributed by atoms with Crippen molar-refractivity contribution in [2.75, 3.05) is 18.0 Å². The molecule has 0 amide bonds. The lowest BCUT2D eigenvalue weighted by Crippen LogP contribution is -2.43. The molecular weight excluding hydrogens is 330 g/mol. The van der Waals surface area contributed by atoms with E-state index in [4.69, 9.17) is 10.2 Å². The van der Waals surface area contributed by atoms with Gasteiger partial charge in [-0.1, -0.05) is 18.2 Å². The van der Waals surface area contributed by atoms with Crippen molar-refractivity contribution in [1.29, 1.82) is 5.26 Å². The second-order valence-corrected chi connectivity index (χ2v) is 6.56. The fourth-order valence-electron chi connectivity index (χ4n) is 3.55. The summed E-state index contributed by atoms with van der Waals surface area (Å²) in [7, 11) is 0. The van der Waals surface area contributed by atoms with Crippen LogP contribution < -0.4 is 16.4 Å². The minimum absolute atomic E-state index is 0.110. The van der Waals surface area contributed by atoms with Crippen LogP contribution in [0.2, 0.25) is 0 Å². The maximum absolute atomic E-state index is 12.5. The van der Waals surface area contributed by atoms with Crippen molar-refractivity contribution < 1.29 is 4.42 Å². The second-order valence-electron chi connectivity index (χ2n) is 6.56. The molecule has 4 rings (SSSR count). The van der Waals surface area contributed by atoms with Crippen molar-refractivity contribution in [3.05, 3.63) is 58.2 Å². The molecule has 2 aromatic heterocycles. The number of benzene rings is 1. The standard InChI is InChI=1S/C19H19N5O2/c20-10-13-4-1-2-5-14(13)11-24-17-16(23-9-3-6-15(21)12-23)7-8-22-18(17)26-19(24)25/h1-2,4-5,7-8,15H,3,6,9,11-12,21H2. The van der Waals surface area contributed by atoms with Crippen LogP contribution in [-0.4, -0.2) is 28.7 Å². The Hall–Kier alpha value is -3.11. The van der Waals surface area contributed by atoms with Crippen LogP contribution in [0.15, 0.2) is 45.7 Å². The molecule has 7 nitrogen and oxygen atoms in total. The Kier molecular flexibility index (Phi) is 4.19. The SMILES string of the molecule is N#Cc1ccccc1Cn1c(=O)oc2nccc(N3CCCC(N)C3)c21. The second kappa shape index (κ2) is 6.65. The van der Waals surface area contributed by atoms with Gasteiger partial charge in [-0.15, -0.1) is 0 Å². The van der Waals surface area contributed by atoms with Gasteiger partial charge in [0.1, 0.15) is 5.52 Å². The molecule has 1 aliphatic heterocycles. The molecule has 1 atom stereocenters. The van der Waals surface area contributed by atoms with Crippen LogP contribution >= 0.6 is 0 Å². The lowest BCUT2D eigenvalue weighted by Gasteiger charge is -2.32. The first-order chi connectivity index (χ1) is 12.7. The van der Waals surface area contributed by atoms with E-state index >= 15 is 0 Å². The van der Waals surface area contributed by atoms with Crippen LogP contribution in [0, 0.1) is 11.3 Å². The van der Waals surface area contributed by atoms with E-state index in [0.29, 0.717) is 16.8 Å². The summed E-state index contributed by atoms with van der Waals surface area (Å²) in [5, 5.41) is 9.32. The summed E-state index contributed by atoms with van der Waals surface area (Å²) in [5.74, 6) is -0.478. The predicted octanol–water partition coefficient (Wildman–Crippen LogP) is 1.84. The number of anilines is 1. The molecule has 1 aliphatic rings. The Labute approximate surface area is 150 Å². The van der Waals surface area contributed by atoms with E-state index in [9.17, 15) is 10.1 Å². The molecule has 1 saturated heterocycles. The molecule has 3 heterocycles. The first kappa shape index (κ1) is 16.4. The van der Waals surface area contributed by atoms with Crippen LogP contribution in [0.5, 0.6) is 0 Å². The zero-order valence-corrected chi connectivity index (χ0v) is 14.3. The zero-order valence-electron chi connectivity index (χ0n) is 14.3. The highest BCUT2D eigenvalue weighted by molar-refractivity contribution is 5.85. The Balaban J connectivity index is 1.83. The molecule has 0 radical (unpaired) electrons. The topological polar surface area (TPSA) is 101 Å². The Bertz CT molecular complexity index is 1050. The lowest BCUT2D eigenvalue weighted by molar-refractivity contribution is 0.506. The summed E-state index contributed by atoms with van der Waals surface area (Å²) >= 11 is 0. The van der Waals surface area contributed by atoms with Crippen molar-refractivity contribution in [3.63, 3.8) is 0 Å². The third-order valence-corrected chi connectivity index (χ3v) is 4.81. The average Bonchev–Trinajstić information content (AvgIpc) is 2.97. The molecular formula is C19H19N5O2. The van der Waals surface area contributed by atoms with Gasteiger partial charge < -0.3 is 15.1 Å². The number of nitrogens with zero attached hydrogens (tertiary/aromatic N) is 4. The van der Waals surface area contributed by atoms with E-state index in [2.05, 4.69) is 16.0 Å². The molecule has 2 N–H and O–H groups in total. The molecule has 0 aliphatic carbocycles. The quantitative estimate of drug-likeness (QED) is 0.774. The fourth-order valence-corrected chi connectivity index (χ4v) is 3.55. The number of oxazole rings is 1. The van der Waals surface area contributed by atoms with Gasteiger partial charge in [0.15, 0.2) is 0 Å². The van der Waals surface area contributed by atoms with Crippen LogP contribution in [-0.2, 0) is 6.54 Å². The van der Waals surface area contributed by atoms with Gasteiger partial charge in [-0.05, 0) is 30.5 Å². The average molecular weight is 349 g/mol. The maximum atomic E-state index is 12.5. The molecule has 0 bridgehead atoms. The monoisotopic (exact) mass is 349 g/mol. The number of nitrogens with two attached hydrogens (primary N) is 1. The van der Waals surface area contributed by atoms with Crippen molar-refractivity contribution >= 4 is 16.9 Å². The zero-order chi connectivity index (χ0) is 18.1. The van der Waals surface area contributed by atoms with Gasteiger partial charge in [0.2, 0.25) is 0 Å². The van der Waals surface area contributed by atoms with Crippen molar-refractivity contribution in [2.24, 2.45) is 5.73 Å². The summed E-state index contributed by atoms with van der Waals surface area (Å²) in [6, 6.07) is 11.4. The molecule has 1 fully saturated rings. The normalized spacial score (nSPS) is 17.4. The van der Waals surface area contributed by atoms with Crippen molar-refractivity contribution in [2.45, 2.75) is 25.4 Å². The van der Waals surface area contributed by atoms with Gasteiger partial charge in [0, 0.05) is 25.3 Å². The summed E-state index contributed by atoms with van der Waals surface area (Å²) < 4.78 is 6.91. The van der Waals surface area contributed by atoms with E-state index in [0.717, 1.165) is 37.2 Å². The number of piperidine rings is 1. The van der Waals surface area contributed by atoms with Gasteiger partial charge in [0.05, 0.1) is 23.9 Å². The smallest absolute Gasteiger partial charge is 0.388 e. The number of rotatable bonds is 3. The lowest BCUT2D eigenvalue weighted by atomic mass is 10.1. The number of fused-ring (bicyclic) bond motifs is 1. The van der Waals surface area contributed by atoms with Crippen LogP contribution in [0.4, 0.5) is 5.69 Å². The largest absolute Gasteiger partial charge is 0.421 e. The van der Waals surface area contributed by atoms with Gasteiger partial charge in [-0.25, -0.2) is 9.78 Å². The Morgan fingerprint density at radius 3 is 3.00 bits per heavy atom. The van der Waals surface area contributed by atoms with Crippen LogP contribution in [0.25, 0.3) is 11.2 Å². The maximum Gasteiger partial charge on any atom is 0.421 e. The highest BCUT2D eigenvalue weighted by Crippen LogP contribution is 2.28. The molecule has 1 unspecified atom stereocenters. The summed E-state index contributed by atoms with van der Waals surface area (Å²) in [5.41, 5.74) is 9.29. The molecule has 1 aromatic carbocycles. The van der Waals surface area contributed by atoms with E-state index in [1.807, 2.05) is 18.2 Å². The summed E-state index contributed by atoms with van der Waals surface area (Å²) in [6.45, 7) is 1.86. The highest BCUT2D eigenvalue weighted by Gasteiger charge is 2.23. The Morgan fingerprint density at radius 2 is 2.19 bits per heavy atom. The molecule has 132 valence electrons. The highest BCUT2D eigenvalue weighted by atomic mass is 16.4. The third-order valence-electron chi connectivity index (χ3n) is 4.81. The molecule has 0 saturated carbocycles. The first-order valence-electron chi connectivity index (χ1n) is 8.64. The third kappa shape index (κ3) is 2.85. The number of hydrogen-bond acceptors (Lipinski definition) is 6. The molecule has 3 aromatic rings. The fraction of sp³-hybridized carbons (Fsp3) is 0.316. The van der Waals surface area contributed by atoms with Gasteiger partial charge >= 0.3 is 5.76 Å². The number of pyridine rings is 1. The number of aromatic nitrogens is 2. The first-order valence-corrected chi connectivity index (χ1v) is 8.64. The minimum Gasteiger partial charge on any atom is -0.388 e. The van der Waals surface area contributed by atoms with Gasteiger partial charge in [-0.2, -0.15) is 5.26 Å². The van der Waals surface area contributed by atoms with E-state index in [1.54, 1.807) is 22.9 Å². The summed E-state index contributed by atoms with van der Waals surface area (Å²) in [6.07, 6.45) is 3.65. The summed E-state index contributed by atoms with van der Waals surface area (Å²) in [4.78, 5) is 18.9.